The van der Waals surface area contributed by atoms with E-state index in [9.17, 15) is 0 Å². The zero-order chi connectivity index (χ0) is 12.7. The maximum absolute atomic E-state index is 5.46. The molecular formula is C14H18N4O. The maximum Gasteiger partial charge on any atom is 0.140 e. The van der Waals surface area contributed by atoms with Gasteiger partial charge in [-0.05, 0) is 25.3 Å². The Labute approximate surface area is 112 Å². The van der Waals surface area contributed by atoms with Crippen molar-refractivity contribution in [2.24, 2.45) is 0 Å². The fourth-order valence-corrected chi connectivity index (χ4v) is 3.12. The Morgan fingerprint density at radius 2 is 2.16 bits per heavy atom. The zero-order valence-corrected chi connectivity index (χ0v) is 11.0. The van der Waals surface area contributed by atoms with Gasteiger partial charge in [-0.1, -0.05) is 5.16 Å². The van der Waals surface area contributed by atoms with Crippen molar-refractivity contribution in [3.05, 3.63) is 35.5 Å². The minimum Gasteiger partial charge on any atom is -0.361 e. The molecule has 0 atom stereocenters. The molecule has 0 aromatic carbocycles. The average Bonchev–Trinajstić information content (AvgIpc) is 3.03. The lowest BCUT2D eigenvalue weighted by Gasteiger charge is -2.38. The second-order valence-electron chi connectivity index (χ2n) is 5.57. The van der Waals surface area contributed by atoms with Crippen molar-refractivity contribution in [1.29, 1.82) is 0 Å². The Kier molecular flexibility index (Phi) is 2.65. The van der Waals surface area contributed by atoms with E-state index in [2.05, 4.69) is 19.8 Å². The Morgan fingerprint density at radius 3 is 3.00 bits per heavy atom. The summed E-state index contributed by atoms with van der Waals surface area (Å²) >= 11 is 0. The summed E-state index contributed by atoms with van der Waals surface area (Å²) < 4.78 is 7.51. The van der Waals surface area contributed by atoms with Gasteiger partial charge in [0.15, 0.2) is 0 Å². The van der Waals surface area contributed by atoms with Crippen LogP contribution in [0.5, 0.6) is 0 Å². The summed E-state index contributed by atoms with van der Waals surface area (Å²) in [5, 5.41) is 8.56. The molecule has 2 aliphatic rings. The summed E-state index contributed by atoms with van der Waals surface area (Å²) in [5.41, 5.74) is 2.54. The van der Waals surface area contributed by atoms with E-state index in [4.69, 9.17) is 4.52 Å². The lowest BCUT2D eigenvalue weighted by atomic mass is 9.96. The number of hydrogen-bond acceptors (Lipinski definition) is 4. The number of aryl methyl sites for hydroxylation is 1. The van der Waals surface area contributed by atoms with Gasteiger partial charge in [0, 0.05) is 44.0 Å². The van der Waals surface area contributed by atoms with Gasteiger partial charge in [0.2, 0.25) is 0 Å². The monoisotopic (exact) mass is 258 g/mol. The number of hydrogen-bond donors (Lipinski definition) is 0. The number of rotatable bonds is 3. The first-order chi connectivity index (χ1) is 9.40. The van der Waals surface area contributed by atoms with E-state index >= 15 is 0 Å². The minimum atomic E-state index is 0.526. The van der Waals surface area contributed by atoms with Crippen molar-refractivity contribution in [3.63, 3.8) is 0 Å². The van der Waals surface area contributed by atoms with Crippen LogP contribution in [0.4, 0.5) is 0 Å². The molecule has 1 saturated heterocycles. The van der Waals surface area contributed by atoms with Crippen LogP contribution in [0.25, 0.3) is 0 Å². The lowest BCUT2D eigenvalue weighted by Crippen LogP contribution is -2.47. The van der Waals surface area contributed by atoms with Crippen LogP contribution in [0.15, 0.2) is 23.0 Å². The van der Waals surface area contributed by atoms with Gasteiger partial charge >= 0.3 is 0 Å². The van der Waals surface area contributed by atoms with Crippen molar-refractivity contribution in [3.8, 4) is 0 Å². The summed E-state index contributed by atoms with van der Waals surface area (Å²) in [6.07, 6.45) is 8.61. The highest BCUT2D eigenvalue weighted by Gasteiger charge is 2.30. The van der Waals surface area contributed by atoms with Gasteiger partial charge in [-0.25, -0.2) is 0 Å². The van der Waals surface area contributed by atoms with E-state index in [1.54, 1.807) is 0 Å². The number of nitrogens with zero attached hydrogens (tertiary/aromatic N) is 4. The standard InChI is InChI=1S/C14H18N4O/c1-2-5-14-12(4-1)13(16-19-14)10-17-8-11(9-17)18-7-3-6-15-18/h3,6-7,11H,1-2,4-5,8-10H2. The first-order valence-electron chi connectivity index (χ1n) is 7.08. The van der Waals surface area contributed by atoms with Gasteiger partial charge in [0.05, 0.1) is 6.04 Å². The van der Waals surface area contributed by atoms with Gasteiger partial charge in [0.1, 0.15) is 11.5 Å². The Hall–Kier alpha value is -1.62. The second-order valence-corrected chi connectivity index (χ2v) is 5.57. The normalized spacial score (nSPS) is 20.2. The third-order valence-corrected chi connectivity index (χ3v) is 4.24. The second kappa shape index (κ2) is 4.49. The van der Waals surface area contributed by atoms with Crippen LogP contribution in [0.2, 0.25) is 0 Å². The van der Waals surface area contributed by atoms with Crippen LogP contribution < -0.4 is 0 Å². The van der Waals surface area contributed by atoms with Gasteiger partial charge in [0.25, 0.3) is 0 Å². The van der Waals surface area contributed by atoms with Crippen molar-refractivity contribution in [1.82, 2.24) is 19.8 Å². The molecule has 0 N–H and O–H groups in total. The van der Waals surface area contributed by atoms with Crippen LogP contribution in [0.1, 0.15) is 35.9 Å². The fourth-order valence-electron chi connectivity index (χ4n) is 3.12. The molecule has 3 heterocycles. The molecule has 0 saturated carbocycles. The summed E-state index contributed by atoms with van der Waals surface area (Å²) in [6, 6.07) is 2.51. The average molecular weight is 258 g/mol. The van der Waals surface area contributed by atoms with E-state index in [1.807, 2.05) is 18.5 Å². The molecule has 100 valence electrons. The molecule has 0 unspecified atom stereocenters. The zero-order valence-electron chi connectivity index (χ0n) is 11.0. The van der Waals surface area contributed by atoms with Crippen molar-refractivity contribution in [2.45, 2.75) is 38.3 Å². The summed E-state index contributed by atoms with van der Waals surface area (Å²) in [5.74, 6) is 1.13. The quantitative estimate of drug-likeness (QED) is 0.842. The highest BCUT2D eigenvalue weighted by molar-refractivity contribution is 5.25. The SMILES string of the molecule is c1cnn(C2CN(Cc3noc4c3CCCC4)C2)c1. The van der Waals surface area contributed by atoms with Crippen LogP contribution in [0, 0.1) is 0 Å². The van der Waals surface area contributed by atoms with E-state index in [1.165, 1.54) is 18.4 Å². The molecule has 2 aromatic heterocycles. The number of likely N-dealkylation sites (tertiary alicyclic amines) is 1. The maximum atomic E-state index is 5.46. The Bertz CT molecular complexity index is 554. The van der Waals surface area contributed by atoms with E-state index in [0.717, 1.165) is 43.9 Å². The minimum absolute atomic E-state index is 0.526. The topological polar surface area (TPSA) is 47.1 Å². The lowest BCUT2D eigenvalue weighted by molar-refractivity contribution is 0.0881. The van der Waals surface area contributed by atoms with Gasteiger partial charge in [-0.15, -0.1) is 0 Å². The van der Waals surface area contributed by atoms with Gasteiger partial charge < -0.3 is 4.52 Å². The third kappa shape index (κ3) is 1.98. The molecule has 0 radical (unpaired) electrons. The molecule has 0 spiro atoms. The molecule has 1 aliphatic carbocycles. The third-order valence-electron chi connectivity index (χ3n) is 4.24. The van der Waals surface area contributed by atoms with Crippen LogP contribution >= 0.6 is 0 Å². The van der Waals surface area contributed by atoms with Crippen LogP contribution in [-0.2, 0) is 19.4 Å². The molecule has 19 heavy (non-hydrogen) atoms. The van der Waals surface area contributed by atoms with Crippen molar-refractivity contribution in [2.75, 3.05) is 13.1 Å². The first-order valence-corrected chi connectivity index (χ1v) is 7.08. The molecule has 1 fully saturated rings. The molecule has 5 nitrogen and oxygen atoms in total. The van der Waals surface area contributed by atoms with Gasteiger partial charge in [-0.3, -0.25) is 9.58 Å². The largest absolute Gasteiger partial charge is 0.361 e. The predicted octanol–water partition coefficient (Wildman–Crippen LogP) is 1.81. The summed E-state index contributed by atoms with van der Waals surface area (Å²) in [4.78, 5) is 2.42. The molecule has 0 bridgehead atoms. The van der Waals surface area contributed by atoms with Crippen LogP contribution in [0.3, 0.4) is 0 Å². The fraction of sp³-hybridized carbons (Fsp3) is 0.571. The molecule has 2 aromatic rings. The molecule has 0 amide bonds. The van der Waals surface area contributed by atoms with Gasteiger partial charge in [-0.2, -0.15) is 5.10 Å². The highest BCUT2D eigenvalue weighted by atomic mass is 16.5. The highest BCUT2D eigenvalue weighted by Crippen LogP contribution is 2.28. The molecule has 1 aliphatic heterocycles. The molecule has 4 rings (SSSR count). The molecular weight excluding hydrogens is 240 g/mol. The van der Waals surface area contributed by atoms with E-state index < -0.39 is 0 Å². The predicted molar refractivity (Wildman–Crippen MR) is 69.7 cm³/mol. The summed E-state index contributed by atoms with van der Waals surface area (Å²) in [6.45, 7) is 3.04. The van der Waals surface area contributed by atoms with E-state index in [-0.39, 0.29) is 0 Å². The smallest absolute Gasteiger partial charge is 0.140 e. The molecule has 5 heteroatoms. The number of aromatic nitrogens is 3. The van der Waals surface area contributed by atoms with Crippen molar-refractivity contribution >= 4 is 0 Å². The van der Waals surface area contributed by atoms with Crippen molar-refractivity contribution < 1.29 is 4.52 Å². The van der Waals surface area contributed by atoms with E-state index in [0.29, 0.717) is 6.04 Å². The first kappa shape index (κ1) is 11.2. The Morgan fingerprint density at radius 1 is 1.26 bits per heavy atom. The summed E-state index contributed by atoms with van der Waals surface area (Å²) in [7, 11) is 0. The Balaban J connectivity index is 1.40. The van der Waals surface area contributed by atoms with Crippen LogP contribution in [-0.4, -0.2) is 32.9 Å². The number of fused-ring (bicyclic) bond motifs is 1.